The van der Waals surface area contributed by atoms with Crippen LogP contribution in [0.5, 0.6) is 0 Å². The maximum absolute atomic E-state index is 0. The Morgan fingerprint density at radius 3 is 0.714 bits per heavy atom. The molecule has 0 N–H and O–H groups in total. The molecule has 0 aliphatic rings. The molecule has 0 aromatic heterocycles. The molecule has 0 atom stereocenters. The minimum absolute atomic E-state index is 0. The van der Waals surface area contributed by atoms with Crippen molar-refractivity contribution in [3.8, 4) is 0 Å². The number of hydrogen-bond acceptors (Lipinski definition) is 0. The van der Waals surface area contributed by atoms with Gasteiger partial charge in [-0.3, -0.25) is 0 Å². The molecule has 0 aromatic carbocycles. The Morgan fingerprint density at radius 2 is 0.714 bits per heavy atom. The van der Waals surface area contributed by atoms with Crippen LogP contribution < -0.4 is 0 Å². The summed E-state index contributed by atoms with van der Waals surface area (Å²) < 4.78 is 0. The summed E-state index contributed by atoms with van der Waals surface area (Å²) in [6.07, 6.45) is 0. The van der Waals surface area contributed by atoms with Crippen LogP contribution in [-0.2, 0) is 0 Å². The minimum atomic E-state index is 0. The summed E-state index contributed by atoms with van der Waals surface area (Å²) >= 11 is 0. The van der Waals surface area contributed by atoms with E-state index in [1.165, 1.54) is 0 Å². The molecule has 0 aliphatic carbocycles. The zero-order valence-electron chi connectivity index (χ0n) is 3.07. The summed E-state index contributed by atoms with van der Waals surface area (Å²) in [5, 5.41) is 0. The predicted octanol–water partition coefficient (Wildman–Crippen LogP) is -1.46. The zero-order valence-corrected chi connectivity index (χ0v) is 9.95. The quantitative estimate of drug-likeness (QED) is 0.480. The largest absolute Gasteiger partial charge is 3.00 e. The normalized spacial score (nSPS) is 0. The minimum Gasteiger partial charge on any atom is -3.00 e. The van der Waals surface area contributed by atoms with Gasteiger partial charge in [-0.25, -0.2) is 0 Å². The topological polar surface area (TPSA) is 91.5 Å². The first-order valence-electron chi connectivity index (χ1n) is 0. The molecule has 0 amide bonds. The van der Waals surface area contributed by atoms with E-state index < -0.39 is 0 Å². The third-order valence-corrected chi connectivity index (χ3v) is 0. The second-order valence-corrected chi connectivity index (χ2v) is 0. The fraction of sp³-hybridized carbons (Fsp3) is 0. The van der Waals surface area contributed by atoms with E-state index >= 15 is 0 Å². The van der Waals surface area contributed by atoms with Crippen molar-refractivity contribution in [2.75, 3.05) is 0 Å². The molecule has 7 heteroatoms. The van der Waals surface area contributed by atoms with E-state index in [9.17, 15) is 0 Å². The number of nitrogens with zero attached hydrogens (tertiary/aromatic N) is 3. The third kappa shape index (κ3) is 72.6. The van der Waals surface area contributed by atoms with Crippen LogP contribution in [0, 0.1) is 0 Å². The van der Waals surface area contributed by atoms with E-state index in [0.29, 0.717) is 0 Å². The summed E-state index contributed by atoms with van der Waals surface area (Å²) in [5.41, 5.74) is 0. The Kier molecular flexibility index (Phi) is 2060. The van der Waals surface area contributed by atoms with Gasteiger partial charge in [0.25, 0.3) is 0 Å². The molecule has 3 nitrogen and oxygen atoms in total. The van der Waals surface area contributed by atoms with Crippen LogP contribution in [0.2, 0.25) is 0 Å². The maximum Gasteiger partial charge on any atom is 3.00 e. The van der Waals surface area contributed by atoms with Crippen LogP contribution in [0.3, 0.4) is 0 Å². The van der Waals surface area contributed by atoms with Crippen molar-refractivity contribution in [3.05, 3.63) is 18.5 Å². The van der Waals surface area contributed by atoms with Crippen molar-refractivity contribution in [2.45, 2.75) is 0 Å². The second kappa shape index (κ2) is 98.9. The Hall–Kier alpha value is 1.98. The van der Waals surface area contributed by atoms with Gasteiger partial charge in [0.05, 0.1) is 8.41 Å². The molecular weight excluding hydrogens is 264 g/mol. The van der Waals surface area contributed by atoms with Gasteiger partial charge in [0.1, 0.15) is 0 Å². The van der Waals surface area contributed by atoms with Gasteiger partial charge in [-0.05, 0) is 0 Å². The molecule has 0 heterocycles. The average molecular weight is 267 g/mol. The van der Waals surface area contributed by atoms with E-state index in [1.807, 2.05) is 0 Å². The fourth-order valence-corrected chi connectivity index (χ4v) is 0. The van der Waals surface area contributed by atoms with Crippen LogP contribution in [0.1, 0.15) is 0 Å². The van der Waals surface area contributed by atoms with Gasteiger partial charge in [-0.15, -0.1) is 0 Å². The summed E-state index contributed by atoms with van der Waals surface area (Å²) in [5.74, 6) is 0. The van der Waals surface area contributed by atoms with E-state index in [0.717, 1.165) is 0 Å². The van der Waals surface area contributed by atoms with Gasteiger partial charge >= 0.3 is 63.0 Å². The average Bonchev–Trinajstić information content (AvgIpc) is 0. The molecule has 0 aliphatic heterocycles. The smallest absolute Gasteiger partial charge is 3.00 e. The standard InChI is InChI=1S/Al.BH3.Ga.In.3N/h;1H3;;;;;/q+3;;2*+3;3*-3. The van der Waals surface area contributed by atoms with Crippen molar-refractivity contribution in [3.63, 3.8) is 0 Å². The molecule has 0 bridgehead atoms. The first kappa shape index (κ1) is 145. The van der Waals surface area contributed by atoms with Crippen molar-refractivity contribution in [1.82, 2.24) is 0 Å². The Morgan fingerprint density at radius 1 is 0.714 bits per heavy atom. The molecule has 0 saturated heterocycles. The summed E-state index contributed by atoms with van der Waals surface area (Å²) in [7, 11) is 0. The molecule has 7 heavy (non-hydrogen) atoms. The molecule has 0 fully saturated rings. The first-order chi connectivity index (χ1) is 0. The summed E-state index contributed by atoms with van der Waals surface area (Å²) in [6, 6.07) is 0. The Labute approximate surface area is 89.1 Å². The second-order valence-electron chi connectivity index (χ2n) is 0. The monoisotopic (exact) mass is 267 g/mol. The first-order valence-corrected chi connectivity index (χ1v) is 0. The van der Waals surface area contributed by atoms with Gasteiger partial charge in [0.15, 0.2) is 0 Å². The van der Waals surface area contributed by atoms with Crippen LogP contribution in [0.25, 0.3) is 18.5 Å². The Balaban J connectivity index is 0. The number of hydrogen-bond donors (Lipinski definition) is 0. The number of rotatable bonds is 0. The van der Waals surface area contributed by atoms with Gasteiger partial charge in [-0.2, -0.15) is 0 Å². The molecule has 0 saturated carbocycles. The van der Waals surface area contributed by atoms with E-state index in [-0.39, 0.29) is 89.9 Å². The van der Waals surface area contributed by atoms with Crippen molar-refractivity contribution in [1.29, 1.82) is 0 Å². The van der Waals surface area contributed by atoms with Crippen molar-refractivity contribution < 1.29 is 0 Å². The van der Waals surface area contributed by atoms with E-state index in [1.54, 1.807) is 0 Å². The predicted molar refractivity (Wildman–Crippen MR) is 37.3 cm³/mol. The molecule has 0 rings (SSSR count). The molecular formula is H3AlBGaInN3. The molecule has 0 spiro atoms. The van der Waals surface area contributed by atoms with Gasteiger partial charge < -0.3 is 18.5 Å². The summed E-state index contributed by atoms with van der Waals surface area (Å²) in [6.45, 7) is 0. The maximum atomic E-state index is 0. The zero-order chi connectivity index (χ0) is 0. The molecule has 0 radical (unpaired) electrons. The van der Waals surface area contributed by atoms with Crippen LogP contribution >= 0.6 is 0 Å². The molecule has 0 unspecified atom stereocenters. The molecule has 0 aromatic rings. The van der Waals surface area contributed by atoms with Crippen molar-refractivity contribution >= 4 is 71.4 Å². The van der Waals surface area contributed by atoms with E-state index in [2.05, 4.69) is 0 Å². The van der Waals surface area contributed by atoms with Gasteiger partial charge in [-0.1, -0.05) is 0 Å². The fourth-order valence-electron chi connectivity index (χ4n) is 0. The van der Waals surface area contributed by atoms with E-state index in [4.69, 9.17) is 0 Å². The van der Waals surface area contributed by atoms with Crippen LogP contribution in [-0.4, -0.2) is 71.4 Å². The SMILES string of the molecule is B.[Al+3].[Ga+3].[In+3].[N-3].[N-3].[N-3]. The van der Waals surface area contributed by atoms with Crippen LogP contribution in [0.15, 0.2) is 0 Å². The van der Waals surface area contributed by atoms with Gasteiger partial charge in [0.2, 0.25) is 0 Å². The third-order valence-electron chi connectivity index (χ3n) is 0. The van der Waals surface area contributed by atoms with Crippen molar-refractivity contribution in [2.24, 2.45) is 0 Å². The van der Waals surface area contributed by atoms with Crippen LogP contribution in [0.4, 0.5) is 0 Å². The summed E-state index contributed by atoms with van der Waals surface area (Å²) in [4.78, 5) is 0. The Bertz CT molecular complexity index is 14.9. The molecule has 30 valence electrons. The van der Waals surface area contributed by atoms with Gasteiger partial charge in [0, 0.05) is 0 Å².